The lowest BCUT2D eigenvalue weighted by Crippen LogP contribution is -2.63. The highest BCUT2D eigenvalue weighted by atomic mass is 16.5. The number of fused-ring (bicyclic) bond motifs is 6. The van der Waals surface area contributed by atoms with Gasteiger partial charge >= 0.3 is 5.97 Å². The van der Waals surface area contributed by atoms with Gasteiger partial charge in [-0.15, -0.1) is 0 Å². The van der Waals surface area contributed by atoms with Crippen LogP contribution in [0.1, 0.15) is 70.6 Å². The van der Waals surface area contributed by atoms with Crippen LogP contribution in [-0.4, -0.2) is 128 Å². The van der Waals surface area contributed by atoms with Crippen molar-refractivity contribution in [1.82, 2.24) is 35.1 Å². The zero-order valence-electron chi connectivity index (χ0n) is 39.1. The number of β-amino-alcohol motifs (C(OH)–C–C–N with tert-alkyl or cyclic N) is 1. The Morgan fingerprint density at radius 2 is 1.89 bits per heavy atom. The molecule has 2 fully saturated rings. The average Bonchev–Trinajstić information content (AvgIpc) is 3.84. The van der Waals surface area contributed by atoms with Crippen LogP contribution in [-0.2, 0) is 59.4 Å². The van der Waals surface area contributed by atoms with Crippen LogP contribution in [0.2, 0.25) is 0 Å². The minimum atomic E-state index is -1.93. The number of aliphatic hydroxyl groups is 1. The summed E-state index contributed by atoms with van der Waals surface area (Å²) in [6.45, 7) is 14.5. The molecule has 2 aromatic carbocycles. The van der Waals surface area contributed by atoms with Crippen molar-refractivity contribution in [3.63, 3.8) is 0 Å². The Balaban J connectivity index is 1.31. The van der Waals surface area contributed by atoms with Gasteiger partial charge in [0.1, 0.15) is 23.9 Å². The maximum atomic E-state index is 14.7. The fraction of sp³-hybridized carbons (Fsp3) is 0.480. The summed E-state index contributed by atoms with van der Waals surface area (Å²) < 4.78 is 14.0. The second-order valence-electron chi connectivity index (χ2n) is 19.0. The summed E-state index contributed by atoms with van der Waals surface area (Å²) in [6.07, 6.45) is 6.07. The number of carbonyl (C=O) groups excluding carboxylic acids is 5. The Kier molecular flexibility index (Phi) is 14.1. The van der Waals surface area contributed by atoms with E-state index in [9.17, 15) is 34.2 Å². The van der Waals surface area contributed by atoms with Gasteiger partial charge in [-0.3, -0.25) is 34.0 Å². The number of aromatic hydroxyl groups is 1. The predicted molar refractivity (Wildman–Crippen MR) is 248 cm³/mol. The first-order valence-electron chi connectivity index (χ1n) is 22.7. The topological polar surface area (TPSA) is 196 Å². The van der Waals surface area contributed by atoms with Gasteiger partial charge < -0.3 is 39.4 Å². The molecule has 0 aliphatic carbocycles. The number of nitrogens with one attached hydrogen (secondary N) is 2. The lowest BCUT2D eigenvalue weighted by atomic mass is 9.84. The first-order chi connectivity index (χ1) is 31.4. The fourth-order valence-electron chi connectivity index (χ4n) is 9.85. The minimum absolute atomic E-state index is 0.0233. The van der Waals surface area contributed by atoms with Crippen LogP contribution < -0.4 is 10.7 Å². The van der Waals surface area contributed by atoms with Crippen LogP contribution in [0.3, 0.4) is 0 Å². The van der Waals surface area contributed by atoms with E-state index >= 15 is 0 Å². The number of rotatable bonds is 10. The molecule has 4 amide bonds. The second-order valence-corrected chi connectivity index (χ2v) is 19.0. The van der Waals surface area contributed by atoms with Gasteiger partial charge in [-0.05, 0) is 96.3 Å². The summed E-state index contributed by atoms with van der Waals surface area (Å²) in [6, 6.07) is 10.0. The van der Waals surface area contributed by atoms with E-state index < -0.39 is 64.7 Å². The third-order valence-electron chi connectivity index (χ3n) is 13.1. The third kappa shape index (κ3) is 9.72. The van der Waals surface area contributed by atoms with Crippen molar-refractivity contribution in [2.45, 2.75) is 104 Å². The SMILES string of the molecule is C=CC(=O)N1CC[C@](O)(C(=O)N(C)[C@H](C(=O)N[C@H]2Cc3cc(O)cc(c3)-c3ccc4c(c3)c(c(-c3cnccc3COC)n4CC)CC(C)(C)COC(=O)[C@@H]3CCCN(N3)C2=O)C(C)C)C1. The third-order valence-corrected chi connectivity index (χ3v) is 13.1. The Morgan fingerprint density at radius 1 is 1.12 bits per heavy atom. The number of likely N-dealkylation sites (N-methyl/N-ethyl adjacent to an activating group) is 1. The molecule has 16 nitrogen and oxygen atoms in total. The van der Waals surface area contributed by atoms with Gasteiger partial charge in [0.2, 0.25) is 11.8 Å². The minimum Gasteiger partial charge on any atom is -0.508 e. The van der Waals surface area contributed by atoms with E-state index in [4.69, 9.17) is 9.47 Å². The van der Waals surface area contributed by atoms with Gasteiger partial charge in [0.25, 0.3) is 11.8 Å². The van der Waals surface area contributed by atoms with Crippen molar-refractivity contribution in [2.75, 3.05) is 40.4 Å². The molecule has 0 unspecified atom stereocenters. The Hall–Kier alpha value is -6.10. The van der Waals surface area contributed by atoms with E-state index in [0.717, 1.165) is 44.9 Å². The Labute approximate surface area is 385 Å². The van der Waals surface area contributed by atoms with E-state index in [-0.39, 0.29) is 44.8 Å². The summed E-state index contributed by atoms with van der Waals surface area (Å²) in [5, 5.41) is 28.0. The molecule has 4 N–H and O–H groups in total. The van der Waals surface area contributed by atoms with Crippen molar-refractivity contribution in [3.8, 4) is 28.1 Å². The molecule has 2 saturated heterocycles. The van der Waals surface area contributed by atoms with E-state index in [1.807, 2.05) is 24.4 Å². The molecule has 4 atom stereocenters. The zero-order valence-corrected chi connectivity index (χ0v) is 39.1. The monoisotopic (exact) mass is 905 g/mol. The number of likely N-dealkylation sites (tertiary alicyclic amines) is 1. The number of cyclic esters (lactones) is 1. The number of methoxy groups -OCH3 is 1. The number of phenols is 1. The molecule has 7 rings (SSSR count). The first-order valence-corrected chi connectivity index (χ1v) is 22.7. The molecule has 2 aromatic heterocycles. The number of aryl methyl sites for hydroxylation is 1. The van der Waals surface area contributed by atoms with Gasteiger partial charge in [0, 0.05) is 80.9 Å². The van der Waals surface area contributed by atoms with Crippen LogP contribution in [0.15, 0.2) is 67.5 Å². The van der Waals surface area contributed by atoms with E-state index in [1.54, 1.807) is 39.3 Å². The van der Waals surface area contributed by atoms with Crippen molar-refractivity contribution in [2.24, 2.45) is 11.3 Å². The number of phenolic OH excluding ortho intramolecular Hbond substituents is 1. The van der Waals surface area contributed by atoms with Gasteiger partial charge in [0.15, 0.2) is 5.60 Å². The van der Waals surface area contributed by atoms with Gasteiger partial charge in [-0.1, -0.05) is 46.4 Å². The molecule has 5 heterocycles. The standard InChI is InChI=1S/C50H63N7O9/c1-9-42(59)55-19-16-50(64,28-55)48(63)54(7)43(30(3)4)45(60)52-40-22-31-20-34(23-35(58)21-31)32-13-14-41-36(24-32)37(44(56(41)10-2)38-26-51-17-15-33(38)27-65-8)25-49(5,6)29-66-47(62)39-12-11-18-57(53-39)46(40)61/h9,13-15,17,20-21,23-24,26,30,39-40,43,53,58,64H,1,10-12,16,18-19,22,25,27-29H2,2-8H3,(H,52,60)/t39-,40-,43-,50+/m0/s1. The number of esters is 1. The number of amides is 4. The number of carbonyl (C=O) groups is 5. The molecule has 4 aromatic rings. The van der Waals surface area contributed by atoms with Crippen LogP contribution in [0, 0.1) is 11.3 Å². The number of pyridine rings is 1. The van der Waals surface area contributed by atoms with Crippen molar-refractivity contribution in [3.05, 3.63) is 84.2 Å². The number of nitrogens with zero attached hydrogens (tertiary/aromatic N) is 5. The van der Waals surface area contributed by atoms with Gasteiger partial charge in [0.05, 0.1) is 25.5 Å². The van der Waals surface area contributed by atoms with Gasteiger partial charge in [-0.2, -0.15) is 0 Å². The highest BCUT2D eigenvalue weighted by Gasteiger charge is 2.48. The second kappa shape index (κ2) is 19.4. The number of ether oxygens (including phenoxy) is 2. The molecule has 0 spiro atoms. The van der Waals surface area contributed by atoms with E-state index in [1.165, 1.54) is 21.9 Å². The molecule has 3 aliphatic rings. The summed E-state index contributed by atoms with van der Waals surface area (Å²) >= 11 is 0. The molecular weight excluding hydrogens is 843 g/mol. The number of hydrogen-bond donors (Lipinski definition) is 4. The largest absolute Gasteiger partial charge is 0.508 e. The predicted octanol–water partition coefficient (Wildman–Crippen LogP) is 4.52. The molecule has 16 heteroatoms. The highest BCUT2D eigenvalue weighted by Crippen LogP contribution is 2.41. The van der Waals surface area contributed by atoms with Crippen LogP contribution in [0.25, 0.3) is 33.3 Å². The molecular formula is C50H63N7O9. The lowest BCUT2D eigenvalue weighted by molar-refractivity contribution is -0.156. The molecule has 3 aliphatic heterocycles. The molecule has 0 saturated carbocycles. The summed E-state index contributed by atoms with van der Waals surface area (Å²) in [4.78, 5) is 76.5. The zero-order chi connectivity index (χ0) is 47.7. The number of hydrogen-bond acceptors (Lipinski definition) is 11. The number of aromatic nitrogens is 2. The quantitative estimate of drug-likeness (QED) is 0.129. The summed E-state index contributed by atoms with van der Waals surface area (Å²) in [5.41, 5.74) is 7.58. The maximum absolute atomic E-state index is 14.7. The Bertz CT molecular complexity index is 2530. The molecule has 6 bridgehead atoms. The lowest BCUT2D eigenvalue weighted by Gasteiger charge is -2.37. The average molecular weight is 906 g/mol. The normalized spacial score (nSPS) is 21.6. The molecule has 0 radical (unpaired) electrons. The number of hydrazine groups is 1. The summed E-state index contributed by atoms with van der Waals surface area (Å²) in [7, 11) is 3.09. The molecule has 352 valence electrons. The molecule has 66 heavy (non-hydrogen) atoms. The summed E-state index contributed by atoms with van der Waals surface area (Å²) in [5.74, 6) is -3.35. The fourth-order valence-corrected chi connectivity index (χ4v) is 9.85. The van der Waals surface area contributed by atoms with Crippen LogP contribution in [0.5, 0.6) is 5.75 Å². The number of benzene rings is 2. The van der Waals surface area contributed by atoms with Gasteiger partial charge in [-0.25, -0.2) is 5.43 Å². The van der Waals surface area contributed by atoms with E-state index in [0.29, 0.717) is 43.5 Å². The first kappa shape index (κ1) is 47.9. The van der Waals surface area contributed by atoms with Crippen molar-refractivity contribution in [1.29, 1.82) is 0 Å². The van der Waals surface area contributed by atoms with Crippen LogP contribution in [0.4, 0.5) is 0 Å². The smallest absolute Gasteiger partial charge is 0.324 e. The van der Waals surface area contributed by atoms with E-state index in [2.05, 4.69) is 59.8 Å². The van der Waals surface area contributed by atoms with Crippen molar-refractivity contribution >= 4 is 40.5 Å². The maximum Gasteiger partial charge on any atom is 0.324 e. The van der Waals surface area contributed by atoms with Crippen LogP contribution >= 0.6 is 0 Å². The highest BCUT2D eigenvalue weighted by molar-refractivity contribution is 5.97. The Morgan fingerprint density at radius 3 is 2.61 bits per heavy atom. The van der Waals surface area contributed by atoms with Crippen molar-refractivity contribution < 1.29 is 43.7 Å².